The number of fused-ring (bicyclic) bond motifs is 2. The Labute approximate surface area is 446 Å². The maximum atomic E-state index is 12.3. The fourth-order valence-corrected chi connectivity index (χ4v) is 8.00. The van der Waals surface area contributed by atoms with Gasteiger partial charge in [0.1, 0.15) is 16.8 Å². The maximum Gasteiger partial charge on any atom is 0.410 e. The van der Waals surface area contributed by atoms with Gasteiger partial charge in [-0.2, -0.15) is 0 Å². The molecule has 0 aliphatic carbocycles. The molecule has 2 aromatic carbocycles. The molecule has 0 saturated carbocycles. The van der Waals surface area contributed by atoms with Crippen molar-refractivity contribution >= 4 is 41.9 Å². The molecule has 0 radical (unpaired) electrons. The number of aliphatic hydroxyl groups excluding tert-OH is 2. The number of hydroxylamine groups is 2. The highest BCUT2D eigenvalue weighted by Gasteiger charge is 2.40. The minimum atomic E-state index is -0.576. The van der Waals surface area contributed by atoms with Crippen LogP contribution in [0, 0.1) is 0 Å². The number of aliphatic hydroxyl groups is 2. The van der Waals surface area contributed by atoms with Crippen molar-refractivity contribution in [3.8, 4) is 0 Å². The summed E-state index contributed by atoms with van der Waals surface area (Å²) in [7, 11) is 0. The first-order valence-electron chi connectivity index (χ1n) is 25.6. The monoisotopic (exact) mass is 1080 g/mol. The first kappa shape index (κ1) is 66.3. The molecule has 0 aromatic heterocycles. The van der Waals surface area contributed by atoms with Crippen molar-refractivity contribution in [2.24, 2.45) is 23.4 Å². The molecule has 6 aliphatic rings. The number of amides is 7. The van der Waals surface area contributed by atoms with E-state index in [-0.39, 0.29) is 50.1 Å². The van der Waals surface area contributed by atoms with E-state index >= 15 is 0 Å². The quantitative estimate of drug-likeness (QED) is 0.0725. The van der Waals surface area contributed by atoms with Gasteiger partial charge in [-0.05, 0) is 145 Å². The van der Waals surface area contributed by atoms with E-state index in [0.29, 0.717) is 47.0 Å². The molecule has 6 aliphatic heterocycles. The summed E-state index contributed by atoms with van der Waals surface area (Å²) < 4.78 is 20.9. The number of benzene rings is 2. The summed E-state index contributed by atoms with van der Waals surface area (Å²) in [5.41, 5.74) is -0.0537. The smallest absolute Gasteiger partial charge is 0.410 e. The van der Waals surface area contributed by atoms with Crippen LogP contribution in [-0.2, 0) is 28.6 Å². The number of carbonyl (C=O) groups is 7. The van der Waals surface area contributed by atoms with E-state index in [1.54, 1.807) is 70.2 Å². The normalized spacial score (nSPS) is 19.4. The van der Waals surface area contributed by atoms with Gasteiger partial charge in [0, 0.05) is 39.5 Å². The van der Waals surface area contributed by atoms with Gasteiger partial charge in [0.05, 0.1) is 60.2 Å². The predicted molar refractivity (Wildman–Crippen MR) is 280 cm³/mol. The lowest BCUT2D eigenvalue weighted by molar-refractivity contribution is -0.104. The van der Waals surface area contributed by atoms with Crippen molar-refractivity contribution in [3.05, 3.63) is 70.8 Å². The van der Waals surface area contributed by atoms with Gasteiger partial charge < -0.3 is 48.7 Å². The van der Waals surface area contributed by atoms with Gasteiger partial charge in [0.15, 0.2) is 0 Å². The molecule has 76 heavy (non-hydrogen) atoms. The largest absolute Gasteiger partial charge is 0.444 e. The zero-order valence-corrected chi connectivity index (χ0v) is 46.1. The molecule has 6 heterocycles. The molecular formula is C52H85N9O15. The Balaban J connectivity index is 0.000000338. The van der Waals surface area contributed by atoms with Gasteiger partial charge in [-0.25, -0.2) is 31.1 Å². The molecule has 4 saturated heterocycles. The second kappa shape index (κ2) is 32.0. The summed E-state index contributed by atoms with van der Waals surface area (Å²) in [5.74, 6) is 16.4. The van der Waals surface area contributed by atoms with E-state index in [9.17, 15) is 33.6 Å². The van der Waals surface area contributed by atoms with Crippen molar-refractivity contribution in [3.63, 3.8) is 0 Å². The van der Waals surface area contributed by atoms with E-state index in [1.807, 2.05) is 62.3 Å². The number of nitrogens with zero attached hydrogens (tertiary/aromatic N) is 5. The second-order valence-corrected chi connectivity index (χ2v) is 20.8. The van der Waals surface area contributed by atoms with E-state index < -0.39 is 46.5 Å². The maximum absolute atomic E-state index is 12.3. The first-order valence-corrected chi connectivity index (χ1v) is 25.6. The number of ether oxygens (including phenoxy) is 4. The van der Waals surface area contributed by atoms with Gasteiger partial charge in [-0.1, -0.05) is 24.3 Å². The zero-order chi connectivity index (χ0) is 57.4. The van der Waals surface area contributed by atoms with Crippen LogP contribution in [0.25, 0.3) is 0 Å². The molecule has 8 rings (SSSR count). The van der Waals surface area contributed by atoms with Gasteiger partial charge in [-0.15, -0.1) is 5.06 Å². The number of likely N-dealkylation sites (tertiary alicyclic amines) is 3. The molecule has 7 amide bonds. The van der Waals surface area contributed by atoms with Crippen LogP contribution in [0.4, 0.5) is 14.4 Å². The zero-order valence-electron chi connectivity index (χ0n) is 46.1. The molecule has 0 unspecified atom stereocenters. The van der Waals surface area contributed by atoms with E-state index in [2.05, 4.69) is 16.5 Å². The molecule has 0 bridgehead atoms. The van der Waals surface area contributed by atoms with E-state index in [0.717, 1.165) is 63.3 Å². The fourth-order valence-electron chi connectivity index (χ4n) is 8.00. The van der Waals surface area contributed by atoms with Crippen molar-refractivity contribution in [1.29, 1.82) is 0 Å². The molecule has 2 aromatic rings. The van der Waals surface area contributed by atoms with Crippen LogP contribution < -0.4 is 23.4 Å². The highest BCUT2D eigenvalue weighted by atomic mass is 16.7. The van der Waals surface area contributed by atoms with Crippen molar-refractivity contribution in [2.75, 3.05) is 59.3 Å². The van der Waals surface area contributed by atoms with Crippen molar-refractivity contribution in [1.82, 2.24) is 24.8 Å². The number of imide groups is 2. The predicted octanol–water partition coefficient (Wildman–Crippen LogP) is 5.04. The SMILES string of the molecule is C1CCOC1.CC(C)(C)OC(=O)N1CCC[C@H]1CO.CC(C)(C)OC(=O)N1CCC[C@H]1CON.CC(C)(C)OC(=O)N1CCC[C@H]1CON1C(=O)c2ccccc2C1=O.CCO.NN.NN1C(=O)c2ccccc2C1=O. The Kier molecular flexibility index (Phi) is 27.9. The van der Waals surface area contributed by atoms with Crippen LogP contribution in [-0.4, -0.2) is 171 Å². The molecule has 10 N–H and O–H groups in total. The van der Waals surface area contributed by atoms with Crippen molar-refractivity contribution in [2.45, 2.75) is 156 Å². The third-order valence-corrected chi connectivity index (χ3v) is 11.3. The van der Waals surface area contributed by atoms with E-state index in [1.165, 1.54) is 12.8 Å². The molecule has 0 spiro atoms. The lowest BCUT2D eigenvalue weighted by Crippen LogP contribution is -2.43. The van der Waals surface area contributed by atoms with Gasteiger partial charge in [-0.3, -0.25) is 35.7 Å². The van der Waals surface area contributed by atoms with Crippen LogP contribution in [0.15, 0.2) is 48.5 Å². The molecule has 4 fully saturated rings. The number of hydrogen-bond donors (Lipinski definition) is 6. The second-order valence-electron chi connectivity index (χ2n) is 20.8. The average molecular weight is 1080 g/mol. The summed E-state index contributed by atoms with van der Waals surface area (Å²) in [4.78, 5) is 97.6. The Morgan fingerprint density at radius 2 is 0.882 bits per heavy atom. The Morgan fingerprint density at radius 3 is 1.18 bits per heavy atom. The fraction of sp³-hybridized carbons (Fsp3) is 0.635. The summed E-state index contributed by atoms with van der Waals surface area (Å²) >= 11 is 0. The number of carbonyl (C=O) groups excluding carboxylic acids is 7. The topological polar surface area (TPSA) is 336 Å². The van der Waals surface area contributed by atoms with Gasteiger partial charge in [0.25, 0.3) is 23.6 Å². The third kappa shape index (κ3) is 21.3. The average Bonchev–Trinajstić information content (AvgIpc) is 4.24. The standard InChI is InChI=1S/C18H22N2O5.C10H20N2O3.C10H19NO3.C8H6N2O2.C4H8O.C2H6O.H4N2/c1-18(2,3)25-17(23)19-10-6-7-12(19)11-24-20-15(21)13-8-4-5-9-14(13)16(20)22;1-10(2,3)15-9(13)12-6-4-5-8(12)7-14-11;1-10(2,3)14-9(13)11-6-4-5-8(11)7-12;9-10-7(11)5-3-1-2-4-6(5)8(10)12;1-2-4-5-3-1;1-2-3;1-2/h4-5,8-9,12H,6-7,10-11H2,1-3H3;8H,4-7,11H2,1-3H3;8,12H,4-7H2,1-3H3;1-4H,9H2;1-4H2;3H,2H2,1H3;1-2H2/t12-;2*8-;;;;/m000..../s1. The number of nitrogens with two attached hydrogens (primary N) is 4. The lowest BCUT2D eigenvalue weighted by atomic mass is 10.1. The highest BCUT2D eigenvalue weighted by Crippen LogP contribution is 2.27. The van der Waals surface area contributed by atoms with Crippen LogP contribution >= 0.6 is 0 Å². The van der Waals surface area contributed by atoms with Gasteiger partial charge in [0.2, 0.25) is 0 Å². The summed E-state index contributed by atoms with van der Waals surface area (Å²) in [6, 6.07) is 13.0. The number of rotatable bonds is 6. The minimum Gasteiger partial charge on any atom is -0.444 e. The Morgan fingerprint density at radius 1 is 0.566 bits per heavy atom. The van der Waals surface area contributed by atoms with Crippen LogP contribution in [0.5, 0.6) is 0 Å². The summed E-state index contributed by atoms with van der Waals surface area (Å²) in [5, 5.41) is 18.0. The molecule has 24 nitrogen and oxygen atoms in total. The lowest BCUT2D eigenvalue weighted by Gasteiger charge is -2.29. The first-order chi connectivity index (χ1) is 35.8. The minimum absolute atomic E-state index is 0.0270. The molecular weight excluding hydrogens is 991 g/mol. The van der Waals surface area contributed by atoms with Crippen molar-refractivity contribution < 1.29 is 72.4 Å². The number of hydrazine groups is 2. The van der Waals surface area contributed by atoms with Crippen LogP contribution in [0.1, 0.15) is 162 Å². The summed E-state index contributed by atoms with van der Waals surface area (Å²) in [6.07, 6.45) is 6.86. The number of hydrogen-bond acceptors (Lipinski definition) is 19. The van der Waals surface area contributed by atoms with Crippen LogP contribution in [0.3, 0.4) is 0 Å². The molecule has 428 valence electrons. The Hall–Kier alpha value is -5.83. The Bertz CT molecular complexity index is 2100. The molecule has 3 atom stereocenters. The van der Waals surface area contributed by atoms with Crippen LogP contribution in [0.2, 0.25) is 0 Å². The third-order valence-electron chi connectivity index (χ3n) is 11.3. The highest BCUT2D eigenvalue weighted by molar-refractivity contribution is 6.21. The van der Waals surface area contributed by atoms with Gasteiger partial charge >= 0.3 is 18.3 Å². The molecule has 24 heteroatoms. The van der Waals surface area contributed by atoms with E-state index in [4.69, 9.17) is 45.7 Å². The summed E-state index contributed by atoms with van der Waals surface area (Å²) in [6.45, 7) is 22.9.